The molecule has 3 N–H and O–H groups in total. The molecular formula is C15H15N5O3. The van der Waals surface area contributed by atoms with Crippen LogP contribution < -0.4 is 5.56 Å². The summed E-state index contributed by atoms with van der Waals surface area (Å²) in [6.45, 7) is 2.08. The van der Waals surface area contributed by atoms with E-state index in [1.165, 1.54) is 6.20 Å². The van der Waals surface area contributed by atoms with Crippen LogP contribution in [0.15, 0.2) is 35.6 Å². The van der Waals surface area contributed by atoms with Gasteiger partial charge in [-0.2, -0.15) is 0 Å². The van der Waals surface area contributed by atoms with Gasteiger partial charge in [0.2, 0.25) is 0 Å². The standard InChI is InChI=1S/C15H15N5O3/c1-2-23-15(22)9-5-10(18-7-9)6-12-13(17-4-3-16-12)11-8-19-20-14(11)21/h3-5,7-8,18H,2,6H2,1H3,(H2,19,20,21). The van der Waals surface area contributed by atoms with E-state index in [0.717, 1.165) is 5.69 Å². The first-order chi connectivity index (χ1) is 11.2. The third-order valence-electron chi connectivity index (χ3n) is 3.29. The van der Waals surface area contributed by atoms with E-state index in [9.17, 15) is 9.59 Å². The second-order valence-corrected chi connectivity index (χ2v) is 4.82. The molecule has 3 heterocycles. The fourth-order valence-electron chi connectivity index (χ4n) is 2.26. The normalized spacial score (nSPS) is 10.7. The minimum Gasteiger partial charge on any atom is -0.462 e. The smallest absolute Gasteiger partial charge is 0.339 e. The summed E-state index contributed by atoms with van der Waals surface area (Å²) in [5.41, 5.74) is 2.53. The molecule has 0 unspecified atom stereocenters. The highest BCUT2D eigenvalue weighted by Gasteiger charge is 2.15. The van der Waals surface area contributed by atoms with Crippen LogP contribution in [0, 0.1) is 0 Å². The molecule has 0 saturated heterocycles. The van der Waals surface area contributed by atoms with Gasteiger partial charge in [-0.25, -0.2) is 4.79 Å². The van der Waals surface area contributed by atoms with Crippen molar-refractivity contribution in [2.75, 3.05) is 6.61 Å². The second kappa shape index (κ2) is 6.30. The Morgan fingerprint density at radius 2 is 2.09 bits per heavy atom. The minimum absolute atomic E-state index is 0.259. The highest BCUT2D eigenvalue weighted by atomic mass is 16.5. The van der Waals surface area contributed by atoms with Crippen molar-refractivity contribution in [3.8, 4) is 11.3 Å². The fourth-order valence-corrected chi connectivity index (χ4v) is 2.26. The molecule has 118 valence electrons. The number of esters is 1. The number of hydrogen-bond donors (Lipinski definition) is 3. The van der Waals surface area contributed by atoms with Crippen LogP contribution in [0.4, 0.5) is 0 Å². The van der Waals surface area contributed by atoms with E-state index in [1.807, 2.05) is 0 Å². The zero-order valence-corrected chi connectivity index (χ0v) is 12.4. The van der Waals surface area contributed by atoms with Gasteiger partial charge in [0.25, 0.3) is 5.56 Å². The second-order valence-electron chi connectivity index (χ2n) is 4.82. The monoisotopic (exact) mass is 313 g/mol. The van der Waals surface area contributed by atoms with Crippen molar-refractivity contribution in [2.24, 2.45) is 0 Å². The van der Waals surface area contributed by atoms with Crippen molar-refractivity contribution in [1.82, 2.24) is 25.1 Å². The zero-order chi connectivity index (χ0) is 16.2. The van der Waals surface area contributed by atoms with Crippen LogP contribution in [0.3, 0.4) is 0 Å². The molecule has 0 aromatic carbocycles. The van der Waals surface area contributed by atoms with Gasteiger partial charge in [0.1, 0.15) is 0 Å². The van der Waals surface area contributed by atoms with E-state index in [0.29, 0.717) is 35.5 Å². The van der Waals surface area contributed by atoms with Crippen molar-refractivity contribution in [3.63, 3.8) is 0 Å². The Morgan fingerprint density at radius 3 is 2.83 bits per heavy atom. The van der Waals surface area contributed by atoms with E-state index in [-0.39, 0.29) is 11.5 Å². The van der Waals surface area contributed by atoms with Crippen LogP contribution in [0.2, 0.25) is 0 Å². The topological polar surface area (TPSA) is 117 Å². The number of H-pyrrole nitrogens is 3. The lowest BCUT2D eigenvalue weighted by atomic mass is 10.1. The van der Waals surface area contributed by atoms with Gasteiger partial charge in [0.15, 0.2) is 0 Å². The molecule has 0 aliphatic rings. The van der Waals surface area contributed by atoms with Crippen molar-refractivity contribution < 1.29 is 9.53 Å². The number of rotatable bonds is 5. The van der Waals surface area contributed by atoms with Gasteiger partial charge < -0.3 is 14.8 Å². The summed E-state index contributed by atoms with van der Waals surface area (Å²) in [6.07, 6.45) is 6.65. The zero-order valence-electron chi connectivity index (χ0n) is 12.4. The first kappa shape index (κ1) is 14.8. The van der Waals surface area contributed by atoms with Crippen molar-refractivity contribution in [2.45, 2.75) is 13.3 Å². The number of aromatic nitrogens is 5. The number of ether oxygens (including phenoxy) is 1. The van der Waals surface area contributed by atoms with Gasteiger partial charge in [-0.1, -0.05) is 0 Å². The molecule has 0 atom stereocenters. The van der Waals surface area contributed by atoms with E-state index >= 15 is 0 Å². The molecule has 3 aromatic rings. The van der Waals surface area contributed by atoms with E-state index in [4.69, 9.17) is 4.74 Å². The number of nitrogens with zero attached hydrogens (tertiary/aromatic N) is 2. The first-order valence-electron chi connectivity index (χ1n) is 7.09. The first-order valence-corrected chi connectivity index (χ1v) is 7.09. The lowest BCUT2D eigenvalue weighted by Gasteiger charge is -2.03. The Hall–Kier alpha value is -3.16. The Bertz CT molecular complexity index is 877. The summed E-state index contributed by atoms with van der Waals surface area (Å²) >= 11 is 0. The van der Waals surface area contributed by atoms with E-state index < -0.39 is 0 Å². The Balaban J connectivity index is 1.88. The van der Waals surface area contributed by atoms with E-state index in [2.05, 4.69) is 25.1 Å². The molecule has 0 fully saturated rings. The molecule has 3 aromatic heterocycles. The van der Waals surface area contributed by atoms with Crippen molar-refractivity contribution in [3.05, 3.63) is 58.2 Å². The largest absolute Gasteiger partial charge is 0.462 e. The number of aromatic amines is 3. The average molecular weight is 313 g/mol. The Morgan fingerprint density at radius 1 is 1.26 bits per heavy atom. The Kier molecular flexibility index (Phi) is 4.05. The molecule has 0 bridgehead atoms. The van der Waals surface area contributed by atoms with Crippen molar-refractivity contribution >= 4 is 5.97 Å². The highest BCUT2D eigenvalue weighted by Crippen LogP contribution is 2.18. The van der Waals surface area contributed by atoms with Gasteiger partial charge in [-0.15, -0.1) is 0 Å². The maximum atomic E-state index is 11.8. The van der Waals surface area contributed by atoms with Crippen LogP contribution in [0.1, 0.15) is 28.7 Å². The minimum atomic E-state index is -0.378. The number of nitrogens with one attached hydrogen (secondary N) is 3. The molecule has 0 saturated carbocycles. The number of carbonyl (C=O) groups excluding carboxylic acids is 1. The molecule has 8 nitrogen and oxygen atoms in total. The summed E-state index contributed by atoms with van der Waals surface area (Å²) in [5.74, 6) is -0.378. The predicted octanol–water partition coefficient (Wildman–Crippen LogP) is 1.26. The van der Waals surface area contributed by atoms with Crippen LogP contribution in [0.5, 0.6) is 0 Å². The fraction of sp³-hybridized carbons (Fsp3) is 0.200. The molecule has 0 spiro atoms. The number of carbonyl (C=O) groups is 1. The van der Waals surface area contributed by atoms with Gasteiger partial charge >= 0.3 is 5.97 Å². The molecule has 8 heteroatoms. The summed E-state index contributed by atoms with van der Waals surface area (Å²) in [6, 6.07) is 1.71. The predicted molar refractivity (Wildman–Crippen MR) is 82.0 cm³/mol. The molecule has 0 radical (unpaired) electrons. The third-order valence-corrected chi connectivity index (χ3v) is 3.29. The lowest BCUT2D eigenvalue weighted by molar-refractivity contribution is 0.0526. The van der Waals surface area contributed by atoms with Gasteiger partial charge in [0.05, 0.1) is 29.1 Å². The summed E-state index contributed by atoms with van der Waals surface area (Å²) in [5, 5.41) is 5.12. The van der Waals surface area contributed by atoms with Crippen LogP contribution in [-0.2, 0) is 11.2 Å². The maximum absolute atomic E-state index is 11.8. The lowest BCUT2D eigenvalue weighted by Crippen LogP contribution is -2.06. The van der Waals surface area contributed by atoms with Crippen LogP contribution in [0.25, 0.3) is 11.3 Å². The van der Waals surface area contributed by atoms with Crippen LogP contribution >= 0.6 is 0 Å². The molecule has 0 amide bonds. The summed E-state index contributed by atoms with van der Waals surface area (Å²) < 4.78 is 4.95. The summed E-state index contributed by atoms with van der Waals surface area (Å²) in [7, 11) is 0. The van der Waals surface area contributed by atoms with E-state index in [1.54, 1.807) is 31.6 Å². The average Bonchev–Trinajstić information content (AvgIpc) is 3.17. The maximum Gasteiger partial charge on any atom is 0.339 e. The molecule has 0 aliphatic carbocycles. The van der Waals surface area contributed by atoms with Gasteiger partial charge in [-0.3, -0.25) is 19.9 Å². The Labute approximate surface area is 130 Å². The molecular weight excluding hydrogens is 298 g/mol. The molecule has 0 aliphatic heterocycles. The van der Waals surface area contributed by atoms with Gasteiger partial charge in [-0.05, 0) is 13.0 Å². The molecule has 23 heavy (non-hydrogen) atoms. The SMILES string of the molecule is CCOC(=O)c1c[nH]c(Cc2nccnc2-c2c[nH][nH]c2=O)c1. The summed E-state index contributed by atoms with van der Waals surface area (Å²) in [4.78, 5) is 35.0. The van der Waals surface area contributed by atoms with Gasteiger partial charge in [0, 0.05) is 36.9 Å². The molecule has 3 rings (SSSR count). The highest BCUT2D eigenvalue weighted by molar-refractivity contribution is 5.89. The van der Waals surface area contributed by atoms with Crippen LogP contribution in [-0.4, -0.2) is 37.7 Å². The number of hydrogen-bond acceptors (Lipinski definition) is 5. The van der Waals surface area contributed by atoms with Crippen molar-refractivity contribution in [1.29, 1.82) is 0 Å². The quantitative estimate of drug-likeness (QED) is 0.613. The third kappa shape index (κ3) is 3.05.